The number of aromatic nitrogens is 2. The third-order valence-corrected chi connectivity index (χ3v) is 3.99. The van der Waals surface area contributed by atoms with Gasteiger partial charge in [-0.2, -0.15) is 13.2 Å². The van der Waals surface area contributed by atoms with Crippen molar-refractivity contribution in [1.82, 2.24) is 9.55 Å². The van der Waals surface area contributed by atoms with Crippen LogP contribution in [0.4, 0.5) is 13.2 Å². The molecule has 0 bridgehead atoms. The highest BCUT2D eigenvalue weighted by atomic mass is 35.5. The Labute approximate surface area is 138 Å². The van der Waals surface area contributed by atoms with Gasteiger partial charge in [0.05, 0.1) is 26.6 Å². The van der Waals surface area contributed by atoms with E-state index in [-0.39, 0.29) is 10.6 Å². The second-order valence-corrected chi connectivity index (χ2v) is 5.56. The van der Waals surface area contributed by atoms with Crippen molar-refractivity contribution in [2.45, 2.75) is 6.18 Å². The summed E-state index contributed by atoms with van der Waals surface area (Å²) in [6.07, 6.45) is -3.18. The Morgan fingerprint density at radius 2 is 1.65 bits per heavy atom. The number of alkyl halides is 3. The van der Waals surface area contributed by atoms with Crippen LogP contribution in [-0.2, 0) is 6.18 Å². The third kappa shape index (κ3) is 2.92. The minimum atomic E-state index is -4.45. The summed E-state index contributed by atoms with van der Waals surface area (Å²) in [5.41, 5.74) is 0.159. The van der Waals surface area contributed by atoms with Crippen LogP contribution in [0.25, 0.3) is 11.0 Å². The van der Waals surface area contributed by atoms with Crippen LogP contribution in [0, 0.1) is 0 Å². The Morgan fingerprint density at radius 1 is 1.04 bits per heavy atom. The first kappa shape index (κ1) is 15.8. The second-order valence-electron chi connectivity index (χ2n) is 4.75. The summed E-state index contributed by atoms with van der Waals surface area (Å²) in [6.45, 7) is 0. The van der Waals surface area contributed by atoms with Gasteiger partial charge in [0.1, 0.15) is 6.33 Å². The maximum absolute atomic E-state index is 12.6. The molecule has 0 N–H and O–H groups in total. The van der Waals surface area contributed by atoms with Crippen LogP contribution in [0.3, 0.4) is 0 Å². The summed E-state index contributed by atoms with van der Waals surface area (Å²) in [4.78, 5) is 16.5. The predicted molar refractivity (Wildman–Crippen MR) is 80.9 cm³/mol. The van der Waals surface area contributed by atoms with E-state index >= 15 is 0 Å². The van der Waals surface area contributed by atoms with Gasteiger partial charge in [-0.05, 0) is 36.4 Å². The minimum Gasteiger partial charge on any atom is -0.268 e. The Bertz CT molecular complexity index is 901. The van der Waals surface area contributed by atoms with Crippen molar-refractivity contribution >= 4 is 40.1 Å². The third-order valence-electron chi connectivity index (χ3n) is 3.27. The fraction of sp³-hybridized carbons (Fsp3) is 0.0667. The first-order valence-corrected chi connectivity index (χ1v) is 7.07. The summed E-state index contributed by atoms with van der Waals surface area (Å²) in [5, 5.41) is 0.549. The molecule has 0 spiro atoms. The summed E-state index contributed by atoms with van der Waals surface area (Å²) in [5.74, 6) is -0.514. The lowest BCUT2D eigenvalue weighted by Crippen LogP contribution is -2.12. The number of imidazole rings is 1. The van der Waals surface area contributed by atoms with E-state index in [0.717, 1.165) is 24.3 Å². The molecule has 0 aliphatic heterocycles. The highest BCUT2D eigenvalue weighted by molar-refractivity contribution is 6.42. The molecule has 2 aromatic carbocycles. The number of fused-ring (bicyclic) bond motifs is 1. The van der Waals surface area contributed by atoms with Crippen molar-refractivity contribution in [3.05, 3.63) is 63.9 Å². The molecule has 0 radical (unpaired) electrons. The molecule has 0 atom stereocenters. The van der Waals surface area contributed by atoms with E-state index in [1.54, 1.807) is 0 Å². The Balaban J connectivity index is 2.02. The lowest BCUT2D eigenvalue weighted by Gasteiger charge is -2.08. The van der Waals surface area contributed by atoms with Crippen LogP contribution >= 0.6 is 23.2 Å². The minimum absolute atomic E-state index is 0.100. The molecule has 0 amide bonds. The average Bonchev–Trinajstić information content (AvgIpc) is 2.89. The van der Waals surface area contributed by atoms with Crippen LogP contribution in [0.2, 0.25) is 10.0 Å². The van der Waals surface area contributed by atoms with Gasteiger partial charge in [0.25, 0.3) is 5.91 Å². The molecule has 3 rings (SSSR count). The number of hydrogen-bond acceptors (Lipinski definition) is 2. The molecule has 0 aliphatic rings. The van der Waals surface area contributed by atoms with E-state index in [2.05, 4.69) is 4.98 Å². The van der Waals surface area contributed by atoms with Gasteiger partial charge >= 0.3 is 6.18 Å². The van der Waals surface area contributed by atoms with E-state index in [4.69, 9.17) is 23.2 Å². The van der Waals surface area contributed by atoms with E-state index < -0.39 is 17.6 Å². The smallest absolute Gasteiger partial charge is 0.268 e. The van der Waals surface area contributed by atoms with Gasteiger partial charge < -0.3 is 0 Å². The Hall–Kier alpha value is -2.05. The molecule has 0 saturated heterocycles. The SMILES string of the molecule is O=C(c1ccc(C(F)(F)F)cc1)n1cnc2cc(Cl)c(Cl)cc21. The highest BCUT2D eigenvalue weighted by Crippen LogP contribution is 2.30. The molecular formula is C15H7Cl2F3N2O. The summed E-state index contributed by atoms with van der Waals surface area (Å²) in [7, 11) is 0. The lowest BCUT2D eigenvalue weighted by atomic mass is 10.1. The number of carbonyl (C=O) groups is 1. The maximum atomic E-state index is 12.6. The van der Waals surface area contributed by atoms with Crippen molar-refractivity contribution in [2.75, 3.05) is 0 Å². The monoisotopic (exact) mass is 358 g/mol. The van der Waals surface area contributed by atoms with Crippen molar-refractivity contribution in [1.29, 1.82) is 0 Å². The molecule has 8 heteroatoms. The molecule has 0 saturated carbocycles. The molecule has 1 heterocycles. The van der Waals surface area contributed by atoms with Gasteiger partial charge in [0.2, 0.25) is 0 Å². The maximum Gasteiger partial charge on any atom is 0.416 e. The van der Waals surface area contributed by atoms with E-state index in [0.29, 0.717) is 16.1 Å². The molecular weight excluding hydrogens is 352 g/mol. The molecule has 0 unspecified atom stereocenters. The fourth-order valence-electron chi connectivity index (χ4n) is 2.11. The summed E-state index contributed by atoms with van der Waals surface area (Å²) in [6, 6.07) is 6.94. The van der Waals surface area contributed by atoms with Gasteiger partial charge in [-0.1, -0.05) is 23.2 Å². The molecule has 1 aromatic heterocycles. The zero-order valence-electron chi connectivity index (χ0n) is 11.2. The van der Waals surface area contributed by atoms with Gasteiger partial charge in [-0.15, -0.1) is 0 Å². The normalized spacial score (nSPS) is 11.9. The summed E-state index contributed by atoms with van der Waals surface area (Å²) < 4.78 is 38.9. The van der Waals surface area contributed by atoms with E-state index in [9.17, 15) is 18.0 Å². The van der Waals surface area contributed by atoms with Crippen LogP contribution in [0.1, 0.15) is 15.9 Å². The molecule has 23 heavy (non-hydrogen) atoms. The predicted octanol–water partition coefficient (Wildman–Crippen LogP) is 5.05. The first-order valence-electron chi connectivity index (χ1n) is 6.31. The highest BCUT2D eigenvalue weighted by Gasteiger charge is 2.30. The molecule has 0 aliphatic carbocycles. The van der Waals surface area contributed by atoms with E-state index in [1.807, 2.05) is 0 Å². The van der Waals surface area contributed by atoms with Crippen molar-refractivity contribution in [3.8, 4) is 0 Å². The number of benzene rings is 2. The zero-order valence-corrected chi connectivity index (χ0v) is 12.7. The Kier molecular flexibility index (Phi) is 3.82. The quantitative estimate of drug-likeness (QED) is 0.609. The Morgan fingerprint density at radius 3 is 2.26 bits per heavy atom. The fourth-order valence-corrected chi connectivity index (χ4v) is 2.42. The van der Waals surface area contributed by atoms with Gasteiger partial charge in [0.15, 0.2) is 0 Å². The summed E-state index contributed by atoms with van der Waals surface area (Å²) >= 11 is 11.8. The zero-order chi connectivity index (χ0) is 16.8. The standard InChI is InChI=1S/C15H7Cl2F3N2O/c16-10-5-12-13(6-11(10)17)22(7-21-12)14(23)8-1-3-9(4-2-8)15(18,19)20/h1-7H. The number of nitrogens with zero attached hydrogens (tertiary/aromatic N) is 2. The van der Waals surface area contributed by atoms with Crippen molar-refractivity contribution in [2.24, 2.45) is 0 Å². The second kappa shape index (κ2) is 5.54. The van der Waals surface area contributed by atoms with Crippen molar-refractivity contribution in [3.63, 3.8) is 0 Å². The topological polar surface area (TPSA) is 34.9 Å². The molecule has 3 nitrogen and oxygen atoms in total. The van der Waals surface area contributed by atoms with Gasteiger partial charge in [-0.25, -0.2) is 4.98 Å². The van der Waals surface area contributed by atoms with Gasteiger partial charge in [-0.3, -0.25) is 9.36 Å². The average molecular weight is 359 g/mol. The molecule has 118 valence electrons. The van der Waals surface area contributed by atoms with Crippen LogP contribution in [-0.4, -0.2) is 15.5 Å². The first-order chi connectivity index (χ1) is 10.8. The molecule has 0 fully saturated rings. The molecule has 3 aromatic rings. The van der Waals surface area contributed by atoms with Gasteiger partial charge in [0, 0.05) is 5.56 Å². The van der Waals surface area contributed by atoms with E-state index in [1.165, 1.54) is 23.0 Å². The van der Waals surface area contributed by atoms with Crippen LogP contribution < -0.4 is 0 Å². The number of carbonyl (C=O) groups excluding carboxylic acids is 1. The lowest BCUT2D eigenvalue weighted by molar-refractivity contribution is -0.137. The number of hydrogen-bond donors (Lipinski definition) is 0. The largest absolute Gasteiger partial charge is 0.416 e. The number of rotatable bonds is 1. The van der Waals surface area contributed by atoms with Crippen LogP contribution in [0.15, 0.2) is 42.7 Å². The number of halogens is 5. The van der Waals surface area contributed by atoms with Crippen LogP contribution in [0.5, 0.6) is 0 Å². The van der Waals surface area contributed by atoms with Crippen molar-refractivity contribution < 1.29 is 18.0 Å².